The summed E-state index contributed by atoms with van der Waals surface area (Å²) in [5.74, 6) is 0.351. The molecule has 0 aliphatic carbocycles. The van der Waals surface area contributed by atoms with Gasteiger partial charge in [-0.15, -0.1) is 0 Å². The number of morpholine rings is 1. The molecule has 23 heavy (non-hydrogen) atoms. The van der Waals surface area contributed by atoms with E-state index >= 15 is 0 Å². The second kappa shape index (κ2) is 6.42. The zero-order valence-electron chi connectivity index (χ0n) is 13.6. The van der Waals surface area contributed by atoms with Gasteiger partial charge in [0.2, 0.25) is 0 Å². The van der Waals surface area contributed by atoms with E-state index in [1.165, 1.54) is 0 Å². The third-order valence-corrected chi connectivity index (χ3v) is 3.99. The predicted molar refractivity (Wildman–Crippen MR) is 86.0 cm³/mol. The van der Waals surface area contributed by atoms with Crippen molar-refractivity contribution in [3.05, 3.63) is 42.2 Å². The van der Waals surface area contributed by atoms with Gasteiger partial charge in [-0.2, -0.15) is 5.10 Å². The molecule has 6 heteroatoms. The van der Waals surface area contributed by atoms with Crippen LogP contribution in [0.2, 0.25) is 0 Å². The molecular weight excluding hydrogens is 294 g/mol. The van der Waals surface area contributed by atoms with Crippen LogP contribution in [0.15, 0.2) is 36.5 Å². The molecule has 0 N–H and O–H groups in total. The number of aromatic nitrogens is 2. The zero-order chi connectivity index (χ0) is 16.4. The minimum atomic E-state index is -0.126. The molecule has 1 saturated heterocycles. The van der Waals surface area contributed by atoms with Crippen molar-refractivity contribution in [1.29, 1.82) is 0 Å². The second-order valence-corrected chi connectivity index (χ2v) is 5.78. The van der Waals surface area contributed by atoms with Gasteiger partial charge in [-0.05, 0) is 26.0 Å². The monoisotopic (exact) mass is 315 g/mol. The van der Waals surface area contributed by atoms with Gasteiger partial charge < -0.3 is 14.4 Å². The minimum Gasteiger partial charge on any atom is -0.493 e. The standard InChI is InChI=1S/C17H21N3O3/c1-12-11-23-13(2)9-19(12)17(21)16-15(22-3)10-20(18-16)14-7-5-4-6-8-14/h4-8,10,12-13H,9,11H2,1-3H3/t12-,13-/m0/s1. The number of hydrogen-bond donors (Lipinski definition) is 0. The molecule has 0 saturated carbocycles. The predicted octanol–water partition coefficient (Wildman–Crippen LogP) is 2.13. The second-order valence-electron chi connectivity index (χ2n) is 5.78. The Balaban J connectivity index is 1.92. The normalized spacial score (nSPS) is 21.3. The highest BCUT2D eigenvalue weighted by atomic mass is 16.5. The first-order chi connectivity index (χ1) is 11.1. The Bertz CT molecular complexity index is 684. The molecule has 6 nitrogen and oxygen atoms in total. The summed E-state index contributed by atoms with van der Waals surface area (Å²) in [5, 5.41) is 4.45. The molecule has 1 fully saturated rings. The van der Waals surface area contributed by atoms with Crippen molar-refractivity contribution in [2.24, 2.45) is 0 Å². The van der Waals surface area contributed by atoms with Crippen LogP contribution in [0.3, 0.4) is 0 Å². The fraction of sp³-hybridized carbons (Fsp3) is 0.412. The van der Waals surface area contributed by atoms with Crippen LogP contribution in [0.25, 0.3) is 5.69 Å². The average molecular weight is 315 g/mol. The smallest absolute Gasteiger partial charge is 0.278 e. The first-order valence-electron chi connectivity index (χ1n) is 7.71. The molecule has 0 radical (unpaired) electrons. The van der Waals surface area contributed by atoms with Crippen molar-refractivity contribution in [2.75, 3.05) is 20.3 Å². The van der Waals surface area contributed by atoms with Crippen molar-refractivity contribution in [2.45, 2.75) is 26.0 Å². The molecule has 2 atom stereocenters. The molecule has 3 rings (SSSR count). The fourth-order valence-corrected chi connectivity index (χ4v) is 2.69. The number of methoxy groups -OCH3 is 1. The number of benzene rings is 1. The van der Waals surface area contributed by atoms with Gasteiger partial charge >= 0.3 is 0 Å². The van der Waals surface area contributed by atoms with Gasteiger partial charge in [-0.25, -0.2) is 4.68 Å². The highest BCUT2D eigenvalue weighted by Crippen LogP contribution is 2.23. The van der Waals surface area contributed by atoms with Crippen LogP contribution in [-0.4, -0.2) is 53.0 Å². The number of rotatable bonds is 3. The van der Waals surface area contributed by atoms with E-state index in [9.17, 15) is 4.79 Å². The molecule has 2 aromatic rings. The zero-order valence-corrected chi connectivity index (χ0v) is 13.6. The molecule has 0 bridgehead atoms. The molecule has 1 aromatic heterocycles. The van der Waals surface area contributed by atoms with Crippen molar-refractivity contribution < 1.29 is 14.3 Å². The first kappa shape index (κ1) is 15.6. The number of nitrogens with zero attached hydrogens (tertiary/aromatic N) is 3. The Morgan fingerprint density at radius 3 is 2.74 bits per heavy atom. The summed E-state index contributed by atoms with van der Waals surface area (Å²) >= 11 is 0. The summed E-state index contributed by atoms with van der Waals surface area (Å²) < 4.78 is 12.6. The summed E-state index contributed by atoms with van der Waals surface area (Å²) in [4.78, 5) is 14.7. The van der Waals surface area contributed by atoms with E-state index in [0.29, 0.717) is 24.6 Å². The van der Waals surface area contributed by atoms with Gasteiger partial charge in [0.25, 0.3) is 5.91 Å². The van der Waals surface area contributed by atoms with Crippen LogP contribution >= 0.6 is 0 Å². The molecule has 1 aliphatic heterocycles. The molecular formula is C17H21N3O3. The van der Waals surface area contributed by atoms with Gasteiger partial charge in [-0.1, -0.05) is 18.2 Å². The van der Waals surface area contributed by atoms with E-state index in [4.69, 9.17) is 9.47 Å². The Hall–Kier alpha value is -2.34. The lowest BCUT2D eigenvalue weighted by Crippen LogP contribution is -2.50. The van der Waals surface area contributed by atoms with Crippen LogP contribution in [0.5, 0.6) is 5.75 Å². The Morgan fingerprint density at radius 2 is 2.04 bits per heavy atom. The summed E-state index contributed by atoms with van der Waals surface area (Å²) in [6.45, 7) is 5.03. The fourth-order valence-electron chi connectivity index (χ4n) is 2.69. The van der Waals surface area contributed by atoms with E-state index in [2.05, 4.69) is 5.10 Å². The molecule has 122 valence electrons. The lowest BCUT2D eigenvalue weighted by atomic mass is 10.2. The molecule has 0 unspecified atom stereocenters. The van der Waals surface area contributed by atoms with Crippen molar-refractivity contribution in [3.63, 3.8) is 0 Å². The third kappa shape index (κ3) is 3.07. The Labute approximate surface area is 135 Å². The number of hydrogen-bond acceptors (Lipinski definition) is 4. The minimum absolute atomic E-state index is 0.0188. The van der Waals surface area contributed by atoms with Crippen LogP contribution in [0, 0.1) is 0 Å². The third-order valence-electron chi connectivity index (χ3n) is 3.99. The maximum atomic E-state index is 12.9. The molecule has 2 heterocycles. The topological polar surface area (TPSA) is 56.6 Å². The quantitative estimate of drug-likeness (QED) is 0.871. The number of amides is 1. The molecule has 1 aromatic carbocycles. The maximum Gasteiger partial charge on any atom is 0.278 e. The van der Waals surface area contributed by atoms with E-state index in [1.54, 1.807) is 22.9 Å². The van der Waals surface area contributed by atoms with Crippen molar-refractivity contribution in [1.82, 2.24) is 14.7 Å². The molecule has 0 spiro atoms. The lowest BCUT2D eigenvalue weighted by Gasteiger charge is -2.36. The number of para-hydroxylation sites is 1. The Morgan fingerprint density at radius 1 is 1.30 bits per heavy atom. The highest BCUT2D eigenvalue weighted by molar-refractivity contribution is 5.95. The van der Waals surface area contributed by atoms with Gasteiger partial charge in [0, 0.05) is 6.54 Å². The summed E-state index contributed by atoms with van der Waals surface area (Å²) in [7, 11) is 1.55. The summed E-state index contributed by atoms with van der Waals surface area (Å²) in [6.07, 6.45) is 1.76. The van der Waals surface area contributed by atoms with Crippen LogP contribution in [0.4, 0.5) is 0 Å². The average Bonchev–Trinajstić information content (AvgIpc) is 3.01. The number of carbonyl (C=O) groups is 1. The van der Waals surface area contributed by atoms with Gasteiger partial charge in [0.05, 0.1) is 37.7 Å². The van der Waals surface area contributed by atoms with E-state index in [0.717, 1.165) is 5.69 Å². The van der Waals surface area contributed by atoms with E-state index < -0.39 is 0 Å². The summed E-state index contributed by atoms with van der Waals surface area (Å²) in [5.41, 5.74) is 1.21. The van der Waals surface area contributed by atoms with E-state index in [1.807, 2.05) is 44.2 Å². The molecule has 1 aliphatic rings. The van der Waals surface area contributed by atoms with Crippen LogP contribution in [-0.2, 0) is 4.74 Å². The van der Waals surface area contributed by atoms with Crippen LogP contribution in [0.1, 0.15) is 24.3 Å². The first-order valence-corrected chi connectivity index (χ1v) is 7.71. The summed E-state index contributed by atoms with van der Waals surface area (Å²) in [6, 6.07) is 9.67. The Kier molecular flexibility index (Phi) is 4.34. The van der Waals surface area contributed by atoms with Crippen molar-refractivity contribution >= 4 is 5.91 Å². The van der Waals surface area contributed by atoms with Gasteiger partial charge in [0.15, 0.2) is 11.4 Å². The van der Waals surface area contributed by atoms with Gasteiger partial charge in [-0.3, -0.25) is 4.79 Å². The highest BCUT2D eigenvalue weighted by Gasteiger charge is 2.31. The number of ether oxygens (including phenoxy) is 2. The van der Waals surface area contributed by atoms with E-state index in [-0.39, 0.29) is 18.1 Å². The maximum absolute atomic E-state index is 12.9. The SMILES string of the molecule is COc1cn(-c2ccccc2)nc1C(=O)N1C[C@H](C)OC[C@@H]1C. The van der Waals surface area contributed by atoms with Crippen LogP contribution < -0.4 is 4.74 Å². The molecule has 1 amide bonds. The largest absolute Gasteiger partial charge is 0.493 e. The van der Waals surface area contributed by atoms with Gasteiger partial charge in [0.1, 0.15) is 0 Å². The number of carbonyl (C=O) groups excluding carboxylic acids is 1. The van der Waals surface area contributed by atoms with Crippen molar-refractivity contribution in [3.8, 4) is 11.4 Å². The lowest BCUT2D eigenvalue weighted by molar-refractivity contribution is -0.0390.